The first-order chi connectivity index (χ1) is 13.2. The van der Waals surface area contributed by atoms with Crippen molar-refractivity contribution >= 4 is 29.1 Å². The number of thiophene rings is 2. The van der Waals surface area contributed by atoms with Gasteiger partial charge in [-0.1, -0.05) is 6.42 Å². The van der Waals surface area contributed by atoms with E-state index in [4.69, 9.17) is 9.90 Å². The minimum absolute atomic E-state index is 0.219. The number of nitrogens with zero attached hydrogens (tertiary/aromatic N) is 2. The average Bonchev–Trinajstić information content (AvgIpc) is 3.26. The summed E-state index contributed by atoms with van der Waals surface area (Å²) in [5, 5.41) is 20.8. The lowest BCUT2D eigenvalue weighted by Gasteiger charge is -2.25. The summed E-state index contributed by atoms with van der Waals surface area (Å²) >= 11 is 3.68. The Hall–Kier alpha value is -1.25. The number of likely N-dealkylation sites (tertiary alicyclic amines) is 1. The summed E-state index contributed by atoms with van der Waals surface area (Å²) in [6.07, 6.45) is 4.09. The van der Waals surface area contributed by atoms with Crippen molar-refractivity contribution < 1.29 is 15.0 Å². The van der Waals surface area contributed by atoms with Gasteiger partial charge in [0.25, 0.3) is 6.47 Å². The summed E-state index contributed by atoms with van der Waals surface area (Å²) in [6, 6.07) is 4.55. The number of aryl methyl sites for hydroxylation is 1. The number of carbonyl (C=O) groups is 1. The van der Waals surface area contributed by atoms with E-state index >= 15 is 0 Å². The van der Waals surface area contributed by atoms with Crippen LogP contribution in [-0.4, -0.2) is 52.7 Å². The van der Waals surface area contributed by atoms with Crippen LogP contribution in [0.3, 0.4) is 0 Å². The number of piperidine rings is 1. The lowest BCUT2D eigenvalue weighted by molar-refractivity contribution is -0.122. The zero-order valence-corrected chi connectivity index (χ0v) is 17.6. The van der Waals surface area contributed by atoms with E-state index in [1.807, 2.05) is 22.7 Å². The number of rotatable bonds is 8. The molecular formula is C20H30N2O3S2. The second kappa shape index (κ2) is 12.3. The predicted octanol–water partition coefficient (Wildman–Crippen LogP) is 3.80. The van der Waals surface area contributed by atoms with E-state index in [2.05, 4.69) is 39.6 Å². The van der Waals surface area contributed by atoms with Crippen molar-refractivity contribution in [3.8, 4) is 0 Å². The number of carboxylic acid groups (broad SMARTS) is 1. The lowest BCUT2D eigenvalue weighted by atomic mass is 10.1. The van der Waals surface area contributed by atoms with E-state index in [1.54, 1.807) is 0 Å². The molecule has 0 atom stereocenters. The van der Waals surface area contributed by atoms with Gasteiger partial charge >= 0.3 is 0 Å². The third-order valence-corrected chi connectivity index (χ3v) is 6.67. The van der Waals surface area contributed by atoms with Crippen LogP contribution in [-0.2, 0) is 24.4 Å². The standard InChI is InChI=1S/C19H28N2OS2.CH2O2/c1-16-5-10-23-19(16)14-21(8-9-22)13-18-11-17(15-24-18)12-20-6-3-2-4-7-20;2-1-3/h5,10-11,15,22H,2-4,6-9,12-14H2,1H3;1H,(H,2,3). The van der Waals surface area contributed by atoms with Crippen molar-refractivity contribution in [2.75, 3.05) is 26.2 Å². The van der Waals surface area contributed by atoms with E-state index < -0.39 is 0 Å². The van der Waals surface area contributed by atoms with Crippen LogP contribution in [0.15, 0.2) is 22.9 Å². The number of hydrogen-bond acceptors (Lipinski definition) is 6. The number of aliphatic hydroxyl groups excluding tert-OH is 1. The van der Waals surface area contributed by atoms with E-state index in [9.17, 15) is 5.11 Å². The molecule has 2 N–H and O–H groups in total. The van der Waals surface area contributed by atoms with Crippen LogP contribution in [0.4, 0.5) is 0 Å². The fraction of sp³-hybridized carbons (Fsp3) is 0.550. The smallest absolute Gasteiger partial charge is 0.290 e. The second-order valence-electron chi connectivity index (χ2n) is 6.82. The molecule has 7 heteroatoms. The maximum Gasteiger partial charge on any atom is 0.290 e. The zero-order valence-electron chi connectivity index (χ0n) is 16.0. The first-order valence-electron chi connectivity index (χ1n) is 9.39. The largest absolute Gasteiger partial charge is 0.483 e. The Bertz CT molecular complexity index is 666. The minimum Gasteiger partial charge on any atom is -0.483 e. The van der Waals surface area contributed by atoms with E-state index in [-0.39, 0.29) is 13.1 Å². The van der Waals surface area contributed by atoms with Crippen LogP contribution >= 0.6 is 22.7 Å². The Morgan fingerprint density at radius 1 is 1.22 bits per heavy atom. The van der Waals surface area contributed by atoms with Crippen molar-refractivity contribution in [2.24, 2.45) is 0 Å². The molecule has 0 bridgehead atoms. The number of aliphatic hydroxyl groups is 1. The summed E-state index contributed by atoms with van der Waals surface area (Å²) in [5.41, 5.74) is 2.81. The van der Waals surface area contributed by atoms with Crippen LogP contribution < -0.4 is 0 Å². The van der Waals surface area contributed by atoms with Crippen LogP contribution in [0.1, 0.15) is 40.1 Å². The molecule has 0 spiro atoms. The molecule has 2 aromatic rings. The highest BCUT2D eigenvalue weighted by molar-refractivity contribution is 7.10. The third kappa shape index (κ3) is 7.71. The van der Waals surface area contributed by atoms with Gasteiger partial charge in [0.1, 0.15) is 0 Å². The second-order valence-corrected chi connectivity index (χ2v) is 8.82. The Morgan fingerprint density at radius 3 is 2.59 bits per heavy atom. The SMILES string of the molecule is Cc1ccsc1CN(CCO)Cc1cc(CN2CCCCC2)cs1.O=CO. The van der Waals surface area contributed by atoms with Crippen molar-refractivity contribution in [2.45, 2.75) is 45.8 Å². The molecule has 5 nitrogen and oxygen atoms in total. The molecular weight excluding hydrogens is 380 g/mol. The summed E-state index contributed by atoms with van der Waals surface area (Å²) < 4.78 is 0. The summed E-state index contributed by atoms with van der Waals surface area (Å²) in [5.74, 6) is 0. The van der Waals surface area contributed by atoms with E-state index in [0.29, 0.717) is 0 Å². The van der Waals surface area contributed by atoms with Gasteiger partial charge in [-0.15, -0.1) is 22.7 Å². The van der Waals surface area contributed by atoms with Gasteiger partial charge in [0.15, 0.2) is 0 Å². The Morgan fingerprint density at radius 2 is 1.96 bits per heavy atom. The zero-order chi connectivity index (χ0) is 19.5. The molecule has 0 aliphatic carbocycles. The molecule has 3 heterocycles. The molecule has 0 aromatic carbocycles. The Labute approximate surface area is 169 Å². The molecule has 1 saturated heterocycles. The highest BCUT2D eigenvalue weighted by Crippen LogP contribution is 2.23. The highest BCUT2D eigenvalue weighted by Gasteiger charge is 2.13. The molecule has 2 aromatic heterocycles. The van der Waals surface area contributed by atoms with Crippen LogP contribution in [0.25, 0.3) is 0 Å². The highest BCUT2D eigenvalue weighted by atomic mass is 32.1. The van der Waals surface area contributed by atoms with Gasteiger partial charge in [-0.3, -0.25) is 14.6 Å². The molecule has 0 unspecified atom stereocenters. The quantitative estimate of drug-likeness (QED) is 0.648. The number of hydrogen-bond donors (Lipinski definition) is 2. The van der Waals surface area contributed by atoms with Gasteiger partial charge in [-0.2, -0.15) is 0 Å². The normalized spacial score (nSPS) is 14.8. The van der Waals surface area contributed by atoms with Crippen LogP contribution in [0.2, 0.25) is 0 Å². The first-order valence-corrected chi connectivity index (χ1v) is 11.1. The maximum atomic E-state index is 9.39. The van der Waals surface area contributed by atoms with Crippen molar-refractivity contribution in [1.29, 1.82) is 0 Å². The van der Waals surface area contributed by atoms with Gasteiger partial charge in [-0.05, 0) is 66.9 Å². The summed E-state index contributed by atoms with van der Waals surface area (Å²) in [4.78, 5) is 16.1. The van der Waals surface area contributed by atoms with Crippen LogP contribution in [0.5, 0.6) is 0 Å². The van der Waals surface area contributed by atoms with Gasteiger partial charge in [0, 0.05) is 35.9 Å². The summed E-state index contributed by atoms with van der Waals surface area (Å²) in [6.45, 7) is 8.34. The molecule has 0 saturated carbocycles. The first kappa shape index (κ1) is 22.0. The monoisotopic (exact) mass is 410 g/mol. The molecule has 27 heavy (non-hydrogen) atoms. The summed E-state index contributed by atoms with van der Waals surface area (Å²) in [7, 11) is 0. The van der Waals surface area contributed by atoms with E-state index in [1.165, 1.54) is 53.2 Å². The molecule has 0 amide bonds. The Kier molecular flexibility index (Phi) is 10.0. The van der Waals surface area contributed by atoms with Crippen molar-refractivity contribution in [3.05, 3.63) is 43.8 Å². The van der Waals surface area contributed by atoms with Gasteiger partial charge in [-0.25, -0.2) is 0 Å². The van der Waals surface area contributed by atoms with Crippen molar-refractivity contribution in [3.63, 3.8) is 0 Å². The Balaban J connectivity index is 0.000000817. The molecule has 1 aliphatic rings. The van der Waals surface area contributed by atoms with Gasteiger partial charge < -0.3 is 10.2 Å². The van der Waals surface area contributed by atoms with Crippen molar-refractivity contribution in [1.82, 2.24) is 9.80 Å². The van der Waals surface area contributed by atoms with Crippen LogP contribution in [0, 0.1) is 6.92 Å². The maximum absolute atomic E-state index is 9.39. The molecule has 1 aliphatic heterocycles. The van der Waals surface area contributed by atoms with Gasteiger partial charge in [0.2, 0.25) is 0 Å². The third-order valence-electron chi connectivity index (χ3n) is 4.69. The minimum atomic E-state index is -0.250. The fourth-order valence-corrected chi connectivity index (χ4v) is 5.18. The predicted molar refractivity (Wildman–Crippen MR) is 112 cm³/mol. The fourth-order valence-electron chi connectivity index (χ4n) is 3.31. The average molecular weight is 411 g/mol. The lowest BCUT2D eigenvalue weighted by Crippen LogP contribution is -2.28. The molecule has 0 radical (unpaired) electrons. The molecule has 150 valence electrons. The van der Waals surface area contributed by atoms with Gasteiger partial charge in [0.05, 0.1) is 6.61 Å². The molecule has 3 rings (SSSR count). The molecule has 1 fully saturated rings. The van der Waals surface area contributed by atoms with E-state index in [0.717, 1.165) is 26.2 Å². The topological polar surface area (TPSA) is 64.0 Å².